The van der Waals surface area contributed by atoms with Gasteiger partial charge in [-0.25, -0.2) is 14.6 Å². The lowest BCUT2D eigenvalue weighted by Crippen LogP contribution is -2.50. The number of carboxylic acids is 2. The third-order valence-electron chi connectivity index (χ3n) is 6.24. The van der Waals surface area contributed by atoms with Gasteiger partial charge in [-0.15, -0.1) is 11.3 Å². The van der Waals surface area contributed by atoms with Crippen LogP contribution in [0.3, 0.4) is 0 Å². The van der Waals surface area contributed by atoms with Gasteiger partial charge in [0.2, 0.25) is 5.91 Å². The third-order valence-corrected chi connectivity index (χ3v) is 7.00. The van der Waals surface area contributed by atoms with Crippen LogP contribution in [0.1, 0.15) is 38.1 Å². The number of nitrogens with zero attached hydrogens (tertiary/aromatic N) is 3. The highest BCUT2D eigenvalue weighted by Crippen LogP contribution is 2.38. The number of hydrogen-bond acceptors (Lipinski definition) is 7. The lowest BCUT2D eigenvalue weighted by molar-refractivity contribution is -0.193. The first-order chi connectivity index (χ1) is 17.5. The van der Waals surface area contributed by atoms with Crippen LogP contribution in [0, 0.1) is 11.8 Å². The van der Waals surface area contributed by atoms with Crippen LogP contribution in [0.2, 0.25) is 0 Å². The molecule has 1 saturated carbocycles. The van der Waals surface area contributed by atoms with Crippen LogP contribution in [0.4, 0.5) is 26.3 Å². The second-order valence-corrected chi connectivity index (χ2v) is 10.5. The number of amides is 1. The summed E-state index contributed by atoms with van der Waals surface area (Å²) in [6, 6.07) is 0.999. The number of carbonyl (C=O) groups excluding carboxylic acids is 1. The minimum Gasteiger partial charge on any atom is -0.475 e. The number of aromatic nitrogens is 1. The first kappa shape index (κ1) is 31.8. The Hall–Kier alpha value is -2.46. The Morgan fingerprint density at radius 1 is 1.08 bits per heavy atom. The van der Waals surface area contributed by atoms with Crippen molar-refractivity contribution in [1.82, 2.24) is 20.1 Å². The van der Waals surface area contributed by atoms with E-state index in [-0.39, 0.29) is 11.9 Å². The second kappa shape index (κ2) is 13.1. The van der Waals surface area contributed by atoms with Crippen molar-refractivity contribution in [3.8, 4) is 0 Å². The van der Waals surface area contributed by atoms with E-state index in [1.807, 2.05) is 11.6 Å². The van der Waals surface area contributed by atoms with E-state index in [0.29, 0.717) is 18.0 Å². The molecule has 9 nitrogen and oxygen atoms in total. The van der Waals surface area contributed by atoms with Crippen LogP contribution in [0.15, 0.2) is 11.6 Å². The number of hydrogen-bond donors (Lipinski definition) is 3. The molecule has 4 rings (SSSR count). The fourth-order valence-corrected chi connectivity index (χ4v) is 5.13. The van der Waals surface area contributed by atoms with Crippen molar-refractivity contribution in [2.45, 2.75) is 70.1 Å². The first-order valence-electron chi connectivity index (χ1n) is 11.8. The number of carboxylic acid groups (broad SMARTS) is 2. The van der Waals surface area contributed by atoms with Gasteiger partial charge in [-0.05, 0) is 44.9 Å². The van der Waals surface area contributed by atoms with Gasteiger partial charge in [0.05, 0.1) is 12.6 Å². The molecule has 3 heterocycles. The van der Waals surface area contributed by atoms with Gasteiger partial charge < -0.3 is 15.5 Å². The number of likely N-dealkylation sites (tertiary alicyclic amines) is 2. The molecule has 3 aliphatic rings. The number of alkyl halides is 6. The summed E-state index contributed by atoms with van der Waals surface area (Å²) in [5.74, 6) is -3.89. The van der Waals surface area contributed by atoms with Crippen LogP contribution in [-0.4, -0.2) is 93.0 Å². The molecule has 3 fully saturated rings. The highest BCUT2D eigenvalue weighted by atomic mass is 32.1. The van der Waals surface area contributed by atoms with Crippen molar-refractivity contribution < 1.29 is 50.9 Å². The van der Waals surface area contributed by atoms with E-state index in [4.69, 9.17) is 19.8 Å². The summed E-state index contributed by atoms with van der Waals surface area (Å²) in [7, 11) is 0. The summed E-state index contributed by atoms with van der Waals surface area (Å²) in [6.07, 6.45) is -4.70. The maximum atomic E-state index is 12.7. The number of aliphatic carboxylic acids is 2. The quantitative estimate of drug-likeness (QED) is 0.442. The maximum absolute atomic E-state index is 12.7. The zero-order valence-corrected chi connectivity index (χ0v) is 21.4. The predicted octanol–water partition coefficient (Wildman–Crippen LogP) is 3.22. The normalized spacial score (nSPS) is 23.7. The van der Waals surface area contributed by atoms with E-state index in [1.54, 1.807) is 11.3 Å². The maximum Gasteiger partial charge on any atom is 0.490 e. The Bertz CT molecular complexity index is 916. The molecular formula is C22H30F6N4O5S. The average molecular weight is 577 g/mol. The number of thiazole rings is 1. The Labute approximate surface area is 218 Å². The molecule has 216 valence electrons. The molecule has 1 amide bonds. The fourth-order valence-electron chi connectivity index (χ4n) is 4.47. The highest BCUT2D eigenvalue weighted by molar-refractivity contribution is 7.09. The molecule has 2 saturated heterocycles. The van der Waals surface area contributed by atoms with Crippen LogP contribution in [0.25, 0.3) is 0 Å². The topological polar surface area (TPSA) is 123 Å². The Morgan fingerprint density at radius 2 is 1.63 bits per heavy atom. The van der Waals surface area contributed by atoms with E-state index in [1.165, 1.54) is 17.8 Å². The van der Waals surface area contributed by atoms with E-state index in [0.717, 1.165) is 38.5 Å². The van der Waals surface area contributed by atoms with Crippen LogP contribution in [-0.2, 0) is 20.9 Å². The second-order valence-electron chi connectivity index (χ2n) is 9.53. The average Bonchev–Trinajstić information content (AvgIpc) is 3.14. The third kappa shape index (κ3) is 9.69. The fraction of sp³-hybridized carbons (Fsp3) is 0.727. The van der Waals surface area contributed by atoms with E-state index in [2.05, 4.69) is 33.9 Å². The number of nitrogens with one attached hydrogen (secondary N) is 1. The summed E-state index contributed by atoms with van der Waals surface area (Å²) >= 11 is 1.74. The molecule has 1 aromatic rings. The van der Waals surface area contributed by atoms with Crippen LogP contribution in [0.5, 0.6) is 0 Å². The molecule has 0 aromatic carbocycles. The molecule has 0 spiro atoms. The number of rotatable bonds is 6. The molecule has 16 heteroatoms. The van der Waals surface area contributed by atoms with Gasteiger partial charge in [-0.2, -0.15) is 26.3 Å². The van der Waals surface area contributed by atoms with E-state index < -0.39 is 24.3 Å². The molecular weight excluding hydrogens is 546 g/mol. The number of fused-ring (bicyclic) bond motifs is 1. The summed E-state index contributed by atoms with van der Waals surface area (Å²) in [4.78, 5) is 39.9. The smallest absolute Gasteiger partial charge is 0.475 e. The number of carbonyl (C=O) groups is 3. The summed E-state index contributed by atoms with van der Waals surface area (Å²) in [6.45, 7) is 8.46. The zero-order valence-electron chi connectivity index (χ0n) is 20.6. The van der Waals surface area contributed by atoms with Gasteiger partial charge in [0.1, 0.15) is 5.01 Å². The van der Waals surface area contributed by atoms with Gasteiger partial charge >= 0.3 is 24.3 Å². The highest BCUT2D eigenvalue weighted by Gasteiger charge is 2.49. The van der Waals surface area contributed by atoms with Crippen LogP contribution < -0.4 is 5.32 Å². The van der Waals surface area contributed by atoms with Crippen molar-refractivity contribution in [3.63, 3.8) is 0 Å². The lowest BCUT2D eigenvalue weighted by Gasteiger charge is -2.33. The minimum absolute atomic E-state index is 0.0702. The molecule has 1 aromatic heterocycles. The molecule has 2 aliphatic heterocycles. The lowest BCUT2D eigenvalue weighted by atomic mass is 10.0. The van der Waals surface area contributed by atoms with Gasteiger partial charge in [-0.3, -0.25) is 14.6 Å². The molecule has 38 heavy (non-hydrogen) atoms. The monoisotopic (exact) mass is 576 g/mol. The van der Waals surface area contributed by atoms with Crippen molar-refractivity contribution >= 4 is 29.2 Å². The van der Waals surface area contributed by atoms with Gasteiger partial charge in [0, 0.05) is 43.3 Å². The van der Waals surface area contributed by atoms with Crippen molar-refractivity contribution in [3.05, 3.63) is 16.6 Å². The molecule has 3 atom stereocenters. The summed E-state index contributed by atoms with van der Waals surface area (Å²) in [5.41, 5.74) is 0. The standard InChI is InChI=1S/C18H28N4OS.2C2HF3O2/c1-12(2)22-15(18(23)20-8-13-3-4-13)7-14-9-21(10-16(14)22)11-17-19-5-6-24-17;2*3-2(4,5)1(6)7/h5-6,12-16H,3-4,7-11H2,1-2H3,(H,20,23);2*(H,6,7)/t14-,15+,16+;;/m0../s1. The Kier molecular flexibility index (Phi) is 10.9. The largest absolute Gasteiger partial charge is 0.490 e. The number of halogens is 6. The first-order valence-corrected chi connectivity index (χ1v) is 12.6. The molecule has 1 aliphatic carbocycles. The van der Waals surface area contributed by atoms with E-state index >= 15 is 0 Å². The van der Waals surface area contributed by atoms with Gasteiger partial charge in [-0.1, -0.05) is 0 Å². The van der Waals surface area contributed by atoms with Gasteiger partial charge in [0.15, 0.2) is 0 Å². The molecule has 0 bridgehead atoms. The molecule has 0 radical (unpaired) electrons. The summed E-state index contributed by atoms with van der Waals surface area (Å²) < 4.78 is 63.5. The SMILES string of the molecule is CC(C)N1[C@@H](C(=O)NCC2CC2)C[C@H]2CN(Cc3nccs3)C[C@H]21.O=C(O)C(F)(F)F.O=C(O)C(F)(F)F. The van der Waals surface area contributed by atoms with Crippen molar-refractivity contribution in [2.75, 3.05) is 19.6 Å². The minimum atomic E-state index is -5.08. The Balaban J connectivity index is 0.000000301. The van der Waals surface area contributed by atoms with Gasteiger partial charge in [0.25, 0.3) is 0 Å². The zero-order chi connectivity index (χ0) is 28.8. The predicted molar refractivity (Wildman–Crippen MR) is 123 cm³/mol. The molecule has 3 N–H and O–H groups in total. The van der Waals surface area contributed by atoms with Crippen molar-refractivity contribution in [1.29, 1.82) is 0 Å². The van der Waals surface area contributed by atoms with Crippen LogP contribution >= 0.6 is 11.3 Å². The Morgan fingerprint density at radius 3 is 2.05 bits per heavy atom. The van der Waals surface area contributed by atoms with Crippen molar-refractivity contribution in [2.24, 2.45) is 11.8 Å². The molecule has 0 unspecified atom stereocenters. The summed E-state index contributed by atoms with van der Waals surface area (Å²) in [5, 5.41) is 20.7. The van der Waals surface area contributed by atoms with E-state index in [9.17, 15) is 31.1 Å².